The number of nitro groups is 1. The molecule has 31 heavy (non-hydrogen) atoms. The maximum atomic E-state index is 13.1. The molecule has 0 N–H and O–H groups in total. The number of piperazine rings is 1. The van der Waals surface area contributed by atoms with E-state index in [4.69, 9.17) is 9.47 Å². The summed E-state index contributed by atoms with van der Waals surface area (Å²) in [7, 11) is 1.42. The standard InChI is InChI=1S/C22H27N3O5S/c1-3-30-21-15-18(19(25(27)28)16-20(21)29-2)22(26)24-11-9-23(10-12-24)13-14-31-17-7-5-4-6-8-17/h4-8,15-16H,3,9-14H2,1-2H3. The van der Waals surface area contributed by atoms with Gasteiger partial charge in [0.2, 0.25) is 0 Å². The summed E-state index contributed by atoms with van der Waals surface area (Å²) in [6.45, 7) is 5.63. The minimum absolute atomic E-state index is 0.0299. The molecule has 166 valence electrons. The fraction of sp³-hybridized carbons (Fsp3) is 0.409. The number of methoxy groups -OCH3 is 1. The van der Waals surface area contributed by atoms with Gasteiger partial charge in [0.05, 0.1) is 24.7 Å². The number of benzene rings is 2. The molecular weight excluding hydrogens is 418 g/mol. The molecule has 1 fully saturated rings. The third kappa shape index (κ3) is 5.89. The van der Waals surface area contributed by atoms with Crippen LogP contribution in [0.2, 0.25) is 0 Å². The smallest absolute Gasteiger partial charge is 0.286 e. The summed E-state index contributed by atoms with van der Waals surface area (Å²) in [5.74, 6) is 1.19. The third-order valence-corrected chi connectivity index (χ3v) is 6.08. The second kappa shape index (κ2) is 11.0. The van der Waals surface area contributed by atoms with Gasteiger partial charge in [-0.1, -0.05) is 18.2 Å². The zero-order chi connectivity index (χ0) is 22.2. The lowest BCUT2D eigenvalue weighted by atomic mass is 10.1. The number of amides is 1. The Hall–Kier alpha value is -2.78. The molecule has 1 heterocycles. The van der Waals surface area contributed by atoms with Crippen molar-refractivity contribution in [3.63, 3.8) is 0 Å². The van der Waals surface area contributed by atoms with Gasteiger partial charge in [-0.05, 0) is 19.1 Å². The minimum Gasteiger partial charge on any atom is -0.493 e. The molecule has 8 nitrogen and oxygen atoms in total. The van der Waals surface area contributed by atoms with Crippen molar-refractivity contribution >= 4 is 23.4 Å². The van der Waals surface area contributed by atoms with E-state index < -0.39 is 4.92 Å². The van der Waals surface area contributed by atoms with Crippen LogP contribution in [-0.2, 0) is 0 Å². The number of carbonyl (C=O) groups excluding carboxylic acids is 1. The Labute approximate surface area is 186 Å². The van der Waals surface area contributed by atoms with Crippen molar-refractivity contribution in [2.75, 3.05) is 52.2 Å². The Bertz CT molecular complexity index is 902. The summed E-state index contributed by atoms with van der Waals surface area (Å²) >= 11 is 1.81. The second-order valence-corrected chi connectivity index (χ2v) is 8.17. The predicted octanol–water partition coefficient (Wildman–Crippen LogP) is 3.55. The van der Waals surface area contributed by atoms with Gasteiger partial charge < -0.3 is 14.4 Å². The van der Waals surface area contributed by atoms with Gasteiger partial charge in [0.15, 0.2) is 11.5 Å². The lowest BCUT2D eigenvalue weighted by Gasteiger charge is -2.34. The average Bonchev–Trinajstić information content (AvgIpc) is 2.79. The molecule has 0 unspecified atom stereocenters. The van der Waals surface area contributed by atoms with Crippen molar-refractivity contribution in [3.8, 4) is 11.5 Å². The zero-order valence-corrected chi connectivity index (χ0v) is 18.6. The molecule has 0 saturated carbocycles. The van der Waals surface area contributed by atoms with E-state index in [0.29, 0.717) is 25.4 Å². The third-order valence-electron chi connectivity index (χ3n) is 5.09. The molecule has 2 aromatic carbocycles. The van der Waals surface area contributed by atoms with E-state index >= 15 is 0 Å². The quantitative estimate of drug-likeness (QED) is 0.331. The minimum atomic E-state index is -0.553. The molecule has 0 atom stereocenters. The van der Waals surface area contributed by atoms with Gasteiger partial charge in [-0.3, -0.25) is 19.8 Å². The van der Waals surface area contributed by atoms with E-state index in [9.17, 15) is 14.9 Å². The van der Waals surface area contributed by atoms with E-state index in [1.54, 1.807) is 11.8 Å². The molecule has 1 saturated heterocycles. The Kier molecular flexibility index (Phi) is 8.13. The molecule has 0 aliphatic carbocycles. The lowest BCUT2D eigenvalue weighted by Crippen LogP contribution is -2.49. The van der Waals surface area contributed by atoms with Gasteiger partial charge in [0.1, 0.15) is 5.56 Å². The fourth-order valence-electron chi connectivity index (χ4n) is 3.45. The van der Waals surface area contributed by atoms with E-state index in [2.05, 4.69) is 17.0 Å². The number of rotatable bonds is 9. The van der Waals surface area contributed by atoms with Crippen LogP contribution >= 0.6 is 11.8 Å². The number of ether oxygens (including phenoxy) is 2. The summed E-state index contributed by atoms with van der Waals surface area (Å²) in [4.78, 5) is 29.3. The van der Waals surface area contributed by atoms with Gasteiger partial charge >= 0.3 is 0 Å². The van der Waals surface area contributed by atoms with Crippen molar-refractivity contribution < 1.29 is 19.2 Å². The highest BCUT2D eigenvalue weighted by atomic mass is 32.2. The number of thioether (sulfide) groups is 1. The molecule has 1 amide bonds. The maximum Gasteiger partial charge on any atom is 0.286 e. The highest BCUT2D eigenvalue weighted by Gasteiger charge is 2.29. The van der Waals surface area contributed by atoms with Crippen LogP contribution in [0.5, 0.6) is 11.5 Å². The van der Waals surface area contributed by atoms with Crippen molar-refractivity contribution in [2.24, 2.45) is 0 Å². The first kappa shape index (κ1) is 22.9. The number of hydrogen-bond acceptors (Lipinski definition) is 7. The molecule has 0 bridgehead atoms. The number of nitro benzene ring substituents is 1. The monoisotopic (exact) mass is 445 g/mol. The fourth-order valence-corrected chi connectivity index (χ4v) is 4.39. The van der Waals surface area contributed by atoms with Gasteiger partial charge in [-0.2, -0.15) is 0 Å². The molecule has 0 radical (unpaired) electrons. The highest BCUT2D eigenvalue weighted by Crippen LogP contribution is 2.35. The SMILES string of the molecule is CCOc1cc(C(=O)N2CCN(CCSc3ccccc3)CC2)c([N+](=O)[O-])cc1OC. The first-order chi connectivity index (χ1) is 15.0. The van der Waals surface area contributed by atoms with E-state index in [-0.39, 0.29) is 22.9 Å². The molecule has 1 aliphatic rings. The van der Waals surface area contributed by atoms with E-state index in [1.807, 2.05) is 30.0 Å². The summed E-state index contributed by atoms with van der Waals surface area (Å²) in [6, 6.07) is 12.9. The van der Waals surface area contributed by atoms with Crippen LogP contribution in [0.25, 0.3) is 0 Å². The summed E-state index contributed by atoms with van der Waals surface area (Å²) in [5, 5.41) is 11.6. The highest BCUT2D eigenvalue weighted by molar-refractivity contribution is 7.99. The van der Waals surface area contributed by atoms with Crippen molar-refractivity contribution in [1.29, 1.82) is 0 Å². The van der Waals surface area contributed by atoms with Crippen molar-refractivity contribution in [3.05, 3.63) is 58.1 Å². The van der Waals surface area contributed by atoms with Crippen LogP contribution in [0.1, 0.15) is 17.3 Å². The van der Waals surface area contributed by atoms with E-state index in [1.165, 1.54) is 24.1 Å². The normalized spacial score (nSPS) is 14.3. The van der Waals surface area contributed by atoms with Crippen LogP contribution in [0.4, 0.5) is 5.69 Å². The molecule has 2 aromatic rings. The van der Waals surface area contributed by atoms with Gasteiger partial charge in [-0.15, -0.1) is 11.8 Å². The predicted molar refractivity (Wildman–Crippen MR) is 120 cm³/mol. The largest absolute Gasteiger partial charge is 0.493 e. The van der Waals surface area contributed by atoms with Crippen LogP contribution in [0, 0.1) is 10.1 Å². The topological polar surface area (TPSA) is 85.2 Å². The summed E-state index contributed by atoms with van der Waals surface area (Å²) in [6.07, 6.45) is 0. The van der Waals surface area contributed by atoms with Gasteiger partial charge in [0, 0.05) is 49.4 Å². The Morgan fingerprint density at radius 2 is 1.84 bits per heavy atom. The van der Waals surface area contributed by atoms with Crippen LogP contribution in [-0.4, -0.2) is 72.8 Å². The molecule has 9 heteroatoms. The Morgan fingerprint density at radius 1 is 1.13 bits per heavy atom. The molecule has 0 spiro atoms. The van der Waals surface area contributed by atoms with Crippen molar-refractivity contribution in [1.82, 2.24) is 9.80 Å². The lowest BCUT2D eigenvalue weighted by molar-refractivity contribution is -0.385. The van der Waals surface area contributed by atoms with Gasteiger partial charge in [0.25, 0.3) is 11.6 Å². The van der Waals surface area contributed by atoms with Gasteiger partial charge in [-0.25, -0.2) is 0 Å². The maximum absolute atomic E-state index is 13.1. The van der Waals surface area contributed by atoms with Crippen molar-refractivity contribution in [2.45, 2.75) is 11.8 Å². The first-order valence-electron chi connectivity index (χ1n) is 10.2. The second-order valence-electron chi connectivity index (χ2n) is 7.01. The summed E-state index contributed by atoms with van der Waals surface area (Å²) in [5.41, 5.74) is -0.241. The van der Waals surface area contributed by atoms with Crippen LogP contribution in [0.3, 0.4) is 0 Å². The molecular formula is C22H27N3O5S. The molecule has 3 rings (SSSR count). The first-order valence-corrected chi connectivity index (χ1v) is 11.2. The summed E-state index contributed by atoms with van der Waals surface area (Å²) < 4.78 is 10.7. The van der Waals surface area contributed by atoms with Crippen LogP contribution in [0.15, 0.2) is 47.4 Å². The molecule has 0 aromatic heterocycles. The zero-order valence-electron chi connectivity index (χ0n) is 17.8. The number of nitrogens with zero attached hydrogens (tertiary/aromatic N) is 3. The Morgan fingerprint density at radius 3 is 2.45 bits per heavy atom. The number of carbonyl (C=O) groups is 1. The average molecular weight is 446 g/mol. The van der Waals surface area contributed by atoms with Crippen LogP contribution < -0.4 is 9.47 Å². The molecule has 1 aliphatic heterocycles. The van der Waals surface area contributed by atoms with E-state index in [0.717, 1.165) is 25.4 Å². The number of hydrogen-bond donors (Lipinski definition) is 0. The Balaban J connectivity index is 1.62.